The highest BCUT2D eigenvalue weighted by atomic mass is 32.2. The summed E-state index contributed by atoms with van der Waals surface area (Å²) in [6.45, 7) is 5.48. The Morgan fingerprint density at radius 2 is 1.53 bits per heavy atom. The molecule has 0 fully saturated rings. The van der Waals surface area contributed by atoms with Gasteiger partial charge < -0.3 is 40.0 Å². The minimum atomic E-state index is -3.63. The van der Waals surface area contributed by atoms with Crippen molar-refractivity contribution >= 4 is 68.3 Å². The van der Waals surface area contributed by atoms with Gasteiger partial charge >= 0.3 is 18.3 Å². The SMILES string of the molecule is CNC(=O)OCCS(=O)(=O)CCOC(=O)NCNC(=O)c1cc2c3c(ccc2[nH]1)N(C(=O)C1=Cc2c(ccc4c2CCN4C(=O)OC(C)(C)C)C1)CC3. The van der Waals surface area contributed by atoms with Gasteiger partial charge in [-0.2, -0.15) is 0 Å². The first-order valence-electron chi connectivity index (χ1n) is 17.2. The fourth-order valence-electron chi connectivity index (χ4n) is 6.63. The number of aromatic amines is 1. The molecule has 0 atom stereocenters. The summed E-state index contributed by atoms with van der Waals surface area (Å²) in [4.78, 5) is 69.3. The van der Waals surface area contributed by atoms with Crippen molar-refractivity contribution in [3.8, 4) is 0 Å². The zero-order chi connectivity index (χ0) is 38.1. The van der Waals surface area contributed by atoms with E-state index in [0.29, 0.717) is 37.9 Å². The Bertz CT molecular complexity index is 2140. The Labute approximate surface area is 306 Å². The molecule has 282 valence electrons. The van der Waals surface area contributed by atoms with E-state index in [1.54, 1.807) is 15.9 Å². The zero-order valence-corrected chi connectivity index (χ0v) is 30.7. The van der Waals surface area contributed by atoms with E-state index < -0.39 is 51.6 Å². The summed E-state index contributed by atoms with van der Waals surface area (Å²) in [6, 6.07) is 9.31. The van der Waals surface area contributed by atoms with Gasteiger partial charge in [-0.3, -0.25) is 14.5 Å². The Morgan fingerprint density at radius 1 is 0.868 bits per heavy atom. The van der Waals surface area contributed by atoms with Crippen LogP contribution in [0.25, 0.3) is 17.0 Å². The number of hydrogen-bond acceptors (Lipinski definition) is 10. The number of nitrogens with one attached hydrogen (secondary N) is 4. The highest BCUT2D eigenvalue weighted by Crippen LogP contribution is 2.41. The molecule has 0 saturated heterocycles. The van der Waals surface area contributed by atoms with E-state index >= 15 is 0 Å². The molecule has 53 heavy (non-hydrogen) atoms. The van der Waals surface area contributed by atoms with Gasteiger partial charge in [-0.25, -0.2) is 22.8 Å². The molecule has 2 aromatic carbocycles. The van der Waals surface area contributed by atoms with Crippen molar-refractivity contribution in [1.82, 2.24) is 20.9 Å². The smallest absolute Gasteiger partial charge is 0.414 e. The van der Waals surface area contributed by atoms with E-state index in [1.807, 2.05) is 51.1 Å². The van der Waals surface area contributed by atoms with Gasteiger partial charge in [0.25, 0.3) is 11.8 Å². The van der Waals surface area contributed by atoms with E-state index in [4.69, 9.17) is 9.47 Å². The number of alkyl carbamates (subject to hydrolysis) is 2. The van der Waals surface area contributed by atoms with E-state index in [2.05, 4.69) is 25.7 Å². The first-order chi connectivity index (χ1) is 25.1. The van der Waals surface area contributed by atoms with Gasteiger partial charge in [-0.15, -0.1) is 0 Å². The third-order valence-electron chi connectivity index (χ3n) is 9.08. The van der Waals surface area contributed by atoms with Crippen molar-refractivity contribution in [3.05, 3.63) is 63.9 Å². The lowest BCUT2D eigenvalue weighted by molar-refractivity contribution is -0.115. The molecule has 3 aromatic rings. The van der Waals surface area contributed by atoms with Crippen LogP contribution < -0.4 is 25.8 Å². The maximum absolute atomic E-state index is 13.9. The van der Waals surface area contributed by atoms with Crippen LogP contribution in [0.5, 0.6) is 0 Å². The molecule has 17 heteroatoms. The number of nitrogens with zero attached hydrogens (tertiary/aromatic N) is 2. The number of rotatable bonds is 10. The number of H-pyrrole nitrogens is 1. The molecule has 3 heterocycles. The van der Waals surface area contributed by atoms with E-state index in [0.717, 1.165) is 44.5 Å². The number of hydrogen-bond donors (Lipinski definition) is 4. The zero-order valence-electron chi connectivity index (χ0n) is 29.9. The third-order valence-corrected chi connectivity index (χ3v) is 10.7. The van der Waals surface area contributed by atoms with Crippen LogP contribution in [0.3, 0.4) is 0 Å². The second-order valence-electron chi connectivity index (χ2n) is 13.8. The molecular weight excluding hydrogens is 708 g/mol. The van der Waals surface area contributed by atoms with Gasteiger partial charge in [0, 0.05) is 48.7 Å². The summed E-state index contributed by atoms with van der Waals surface area (Å²) in [5.74, 6) is -1.47. The van der Waals surface area contributed by atoms with E-state index in [-0.39, 0.29) is 31.0 Å². The minimum absolute atomic E-state index is 0.0888. The van der Waals surface area contributed by atoms with Gasteiger partial charge in [0.15, 0.2) is 9.84 Å². The lowest BCUT2D eigenvalue weighted by Crippen LogP contribution is -2.38. The average molecular weight is 751 g/mol. The standard InChI is InChI=1S/C36H42N6O10S/c1-36(2,3)52-35(47)42-12-10-23-25-18-22(17-21(25)5-7-30(23)42)32(44)41-11-9-24-26-19-28(40-27(26)6-8-29(24)41)31(43)38-20-39-34(46)51-14-16-53(48,49)15-13-50-33(45)37-4/h5-8,18-19,40H,9-17,20H2,1-4H3,(H,37,45)(H,38,43)(H,39,46). The van der Waals surface area contributed by atoms with Crippen molar-refractivity contribution in [1.29, 1.82) is 0 Å². The van der Waals surface area contributed by atoms with Crippen molar-refractivity contribution in [2.24, 2.45) is 0 Å². The van der Waals surface area contributed by atoms with Crippen LogP contribution in [-0.2, 0) is 48.1 Å². The molecule has 0 spiro atoms. The fraction of sp³-hybridized carbons (Fsp3) is 0.417. The van der Waals surface area contributed by atoms with E-state index in [1.165, 1.54) is 7.05 Å². The van der Waals surface area contributed by atoms with E-state index in [9.17, 15) is 32.4 Å². The Kier molecular flexibility index (Phi) is 10.4. The van der Waals surface area contributed by atoms with Gasteiger partial charge in [0.2, 0.25) is 0 Å². The summed E-state index contributed by atoms with van der Waals surface area (Å²) in [7, 11) is -2.28. The molecule has 5 amide bonds. The topological polar surface area (TPSA) is 206 Å². The molecule has 0 unspecified atom stereocenters. The van der Waals surface area contributed by atoms with Crippen LogP contribution in [0.15, 0.2) is 35.9 Å². The molecule has 0 radical (unpaired) electrons. The first kappa shape index (κ1) is 37.2. The van der Waals surface area contributed by atoms with Crippen LogP contribution in [-0.4, -0.2) is 101 Å². The Hall–Kier alpha value is -5.58. The molecule has 2 aliphatic heterocycles. The number of fused-ring (bicyclic) bond motifs is 6. The predicted octanol–water partition coefficient (Wildman–Crippen LogP) is 3.18. The molecule has 16 nitrogen and oxygen atoms in total. The fourth-order valence-corrected chi connectivity index (χ4v) is 7.51. The average Bonchev–Trinajstić information content (AvgIpc) is 3.90. The summed E-state index contributed by atoms with van der Waals surface area (Å²) in [5.41, 5.74) is 6.64. The number of benzene rings is 2. The van der Waals surface area contributed by atoms with Crippen LogP contribution >= 0.6 is 0 Å². The van der Waals surface area contributed by atoms with Gasteiger partial charge in [-0.1, -0.05) is 6.07 Å². The number of aromatic nitrogens is 1. The molecule has 1 aliphatic carbocycles. The second kappa shape index (κ2) is 14.8. The molecule has 0 bridgehead atoms. The van der Waals surface area contributed by atoms with Gasteiger partial charge in [0.05, 0.1) is 23.9 Å². The monoisotopic (exact) mass is 750 g/mol. The Balaban J connectivity index is 1.03. The van der Waals surface area contributed by atoms with Gasteiger partial charge in [0.1, 0.15) is 24.5 Å². The van der Waals surface area contributed by atoms with Crippen LogP contribution in [0, 0.1) is 0 Å². The molecule has 4 N–H and O–H groups in total. The maximum Gasteiger partial charge on any atom is 0.414 e. The highest BCUT2D eigenvalue weighted by Gasteiger charge is 2.35. The quantitative estimate of drug-likeness (QED) is 0.176. The summed E-state index contributed by atoms with van der Waals surface area (Å²) in [6.07, 6.45) is 1.66. The number of anilines is 2. The molecule has 0 saturated carbocycles. The first-order valence-corrected chi connectivity index (χ1v) is 19.0. The number of carbonyl (C=O) groups excluding carboxylic acids is 5. The lowest BCUT2D eigenvalue weighted by Gasteiger charge is -2.25. The highest BCUT2D eigenvalue weighted by molar-refractivity contribution is 7.91. The Morgan fingerprint density at radius 3 is 2.25 bits per heavy atom. The van der Waals surface area contributed by atoms with Gasteiger partial charge in [-0.05, 0) is 86.2 Å². The molecule has 3 aliphatic rings. The normalized spacial score (nSPS) is 14.6. The summed E-state index contributed by atoms with van der Waals surface area (Å²) < 4.78 is 39.2. The summed E-state index contributed by atoms with van der Waals surface area (Å²) >= 11 is 0. The number of amides is 5. The van der Waals surface area contributed by atoms with Crippen molar-refractivity contribution in [3.63, 3.8) is 0 Å². The van der Waals surface area contributed by atoms with Crippen molar-refractivity contribution in [2.75, 3.05) is 61.3 Å². The van der Waals surface area contributed by atoms with Crippen LogP contribution in [0.2, 0.25) is 0 Å². The van der Waals surface area contributed by atoms with Crippen molar-refractivity contribution < 1.29 is 46.6 Å². The summed E-state index contributed by atoms with van der Waals surface area (Å²) in [5, 5.41) is 7.91. The van der Waals surface area contributed by atoms with Crippen LogP contribution in [0.1, 0.15) is 53.5 Å². The number of ether oxygens (including phenoxy) is 3. The maximum atomic E-state index is 13.9. The number of carbonyl (C=O) groups is 5. The third kappa shape index (κ3) is 8.24. The predicted molar refractivity (Wildman–Crippen MR) is 196 cm³/mol. The molecule has 1 aromatic heterocycles. The lowest BCUT2D eigenvalue weighted by atomic mass is 10.0. The largest absolute Gasteiger partial charge is 0.448 e. The number of sulfone groups is 1. The van der Waals surface area contributed by atoms with Crippen molar-refractivity contribution in [2.45, 2.75) is 45.6 Å². The molecule has 6 rings (SSSR count). The minimum Gasteiger partial charge on any atom is -0.448 e. The molecular formula is C36H42N6O10S. The second-order valence-corrected chi connectivity index (χ2v) is 16.1. The van der Waals surface area contributed by atoms with Crippen LogP contribution in [0.4, 0.5) is 25.8 Å².